The number of benzene rings is 2. The summed E-state index contributed by atoms with van der Waals surface area (Å²) in [6, 6.07) is 16.7. The Bertz CT molecular complexity index is 289. The van der Waals surface area contributed by atoms with Gasteiger partial charge in [-0.3, -0.25) is 0 Å². The molecule has 0 radical (unpaired) electrons. The average molecular weight is 194 g/mol. The van der Waals surface area contributed by atoms with E-state index in [1.165, 1.54) is 10.8 Å². The molecule has 0 fully saturated rings. The smallest absolute Gasteiger partial charge is 0.344 e. The maximum absolute atomic E-state index is 3.49. The number of hydrogen-bond donors (Lipinski definition) is 0. The Morgan fingerprint density at radius 3 is 1.29 bits per heavy atom. The van der Waals surface area contributed by atoms with Crippen molar-refractivity contribution in [3.05, 3.63) is 55.5 Å². The fourth-order valence-electron chi connectivity index (χ4n) is 1.13. The van der Waals surface area contributed by atoms with Crippen LogP contribution in [0, 0.1) is 6.92 Å². The molecular formula is C13H15Na. The van der Waals surface area contributed by atoms with Crippen LogP contribution in [0.1, 0.15) is 13.3 Å². The first kappa shape index (κ1) is 13.7. The summed E-state index contributed by atoms with van der Waals surface area (Å²) in [6.07, 6.45) is 1.00. The molecule has 0 aliphatic heterocycles. The molecule has 0 nitrogen and oxygen atoms in total. The van der Waals surface area contributed by atoms with E-state index in [0.717, 1.165) is 6.42 Å². The molecule has 0 spiro atoms. The van der Waals surface area contributed by atoms with Crippen molar-refractivity contribution in [1.29, 1.82) is 0 Å². The summed E-state index contributed by atoms with van der Waals surface area (Å²) in [5.41, 5.74) is 0. The first-order chi connectivity index (χ1) is 6.38. The van der Waals surface area contributed by atoms with Crippen molar-refractivity contribution < 1.29 is 29.6 Å². The van der Waals surface area contributed by atoms with E-state index in [-0.39, 0.29) is 29.6 Å². The molecule has 0 atom stereocenters. The van der Waals surface area contributed by atoms with Gasteiger partial charge in [-0.05, 0) is 10.8 Å². The Kier molecular flexibility index (Phi) is 7.87. The standard InChI is InChI=1S/C10H8.C3H7.Na/c1-2-6-10-8-4-3-7-9(10)5-1;1-3-2;/h1-8H;1,3H2,2H3;/q;-1;+1. The van der Waals surface area contributed by atoms with Crippen LogP contribution in [-0.2, 0) is 0 Å². The van der Waals surface area contributed by atoms with Crippen molar-refractivity contribution in [2.24, 2.45) is 0 Å². The Morgan fingerprint density at radius 1 is 0.857 bits per heavy atom. The third-order valence-electron chi connectivity index (χ3n) is 1.66. The second-order valence-electron chi connectivity index (χ2n) is 2.85. The molecule has 68 valence electrons. The van der Waals surface area contributed by atoms with Crippen LogP contribution in [0.4, 0.5) is 0 Å². The van der Waals surface area contributed by atoms with E-state index < -0.39 is 0 Å². The minimum atomic E-state index is 0. The molecule has 1 heteroatoms. The molecule has 0 saturated carbocycles. The molecule has 2 aromatic carbocycles. The molecule has 0 amide bonds. The maximum atomic E-state index is 3.49. The van der Waals surface area contributed by atoms with Crippen molar-refractivity contribution in [1.82, 2.24) is 0 Å². The van der Waals surface area contributed by atoms with Gasteiger partial charge in [0.2, 0.25) is 0 Å². The van der Waals surface area contributed by atoms with Gasteiger partial charge in [0.25, 0.3) is 0 Å². The summed E-state index contributed by atoms with van der Waals surface area (Å²) in [6.45, 7) is 5.50. The van der Waals surface area contributed by atoms with Crippen molar-refractivity contribution in [2.75, 3.05) is 0 Å². The molecule has 0 aliphatic rings. The molecular weight excluding hydrogens is 179 g/mol. The Balaban J connectivity index is 0.000000381. The van der Waals surface area contributed by atoms with E-state index in [4.69, 9.17) is 0 Å². The van der Waals surface area contributed by atoms with Crippen molar-refractivity contribution in [3.8, 4) is 0 Å². The van der Waals surface area contributed by atoms with Gasteiger partial charge in [0, 0.05) is 0 Å². The fourth-order valence-corrected chi connectivity index (χ4v) is 1.13. The van der Waals surface area contributed by atoms with E-state index in [9.17, 15) is 0 Å². The van der Waals surface area contributed by atoms with Gasteiger partial charge in [0.1, 0.15) is 0 Å². The van der Waals surface area contributed by atoms with Crippen LogP contribution in [0.15, 0.2) is 48.5 Å². The average Bonchev–Trinajstić information content (AvgIpc) is 2.19. The molecule has 2 rings (SSSR count). The third-order valence-corrected chi connectivity index (χ3v) is 1.66. The van der Waals surface area contributed by atoms with Crippen molar-refractivity contribution in [2.45, 2.75) is 13.3 Å². The fraction of sp³-hybridized carbons (Fsp3) is 0.154. The van der Waals surface area contributed by atoms with Gasteiger partial charge >= 0.3 is 29.6 Å². The van der Waals surface area contributed by atoms with Crippen LogP contribution in [-0.4, -0.2) is 0 Å². The number of fused-ring (bicyclic) bond motifs is 1. The van der Waals surface area contributed by atoms with E-state index >= 15 is 0 Å². The normalized spacial score (nSPS) is 8.43. The van der Waals surface area contributed by atoms with Crippen molar-refractivity contribution in [3.63, 3.8) is 0 Å². The molecule has 0 aliphatic carbocycles. The Hall–Kier alpha value is -0.300. The molecule has 0 heterocycles. The molecule has 14 heavy (non-hydrogen) atoms. The van der Waals surface area contributed by atoms with E-state index in [1.54, 1.807) is 0 Å². The summed E-state index contributed by atoms with van der Waals surface area (Å²) < 4.78 is 0. The van der Waals surface area contributed by atoms with Gasteiger partial charge in [-0.1, -0.05) is 55.5 Å². The van der Waals surface area contributed by atoms with Gasteiger partial charge in [0.05, 0.1) is 0 Å². The zero-order valence-electron chi connectivity index (χ0n) is 9.03. The van der Waals surface area contributed by atoms with Crippen LogP contribution >= 0.6 is 0 Å². The summed E-state index contributed by atoms with van der Waals surface area (Å²) in [4.78, 5) is 0. The van der Waals surface area contributed by atoms with E-state index in [1.807, 2.05) is 6.92 Å². The monoisotopic (exact) mass is 194 g/mol. The quantitative estimate of drug-likeness (QED) is 0.435. The Morgan fingerprint density at radius 2 is 1.07 bits per heavy atom. The largest absolute Gasteiger partial charge is 1.00 e. The third kappa shape index (κ3) is 4.28. The van der Waals surface area contributed by atoms with Crippen LogP contribution in [0.5, 0.6) is 0 Å². The van der Waals surface area contributed by atoms with Gasteiger partial charge < -0.3 is 6.92 Å². The number of rotatable bonds is 0. The molecule has 2 aromatic rings. The van der Waals surface area contributed by atoms with Gasteiger partial charge in [-0.2, -0.15) is 6.42 Å². The van der Waals surface area contributed by atoms with Crippen LogP contribution in [0.25, 0.3) is 10.8 Å². The summed E-state index contributed by atoms with van der Waals surface area (Å²) in [5, 5.41) is 2.62. The summed E-state index contributed by atoms with van der Waals surface area (Å²) >= 11 is 0. The summed E-state index contributed by atoms with van der Waals surface area (Å²) in [7, 11) is 0. The van der Waals surface area contributed by atoms with Gasteiger partial charge in [0.15, 0.2) is 0 Å². The van der Waals surface area contributed by atoms with Gasteiger partial charge in [-0.25, -0.2) is 0 Å². The first-order valence-corrected chi connectivity index (χ1v) is 4.61. The number of hydrogen-bond acceptors (Lipinski definition) is 0. The van der Waals surface area contributed by atoms with Crippen molar-refractivity contribution >= 4 is 10.8 Å². The van der Waals surface area contributed by atoms with E-state index in [2.05, 4.69) is 55.5 Å². The van der Waals surface area contributed by atoms with Crippen LogP contribution < -0.4 is 29.6 Å². The first-order valence-electron chi connectivity index (χ1n) is 4.61. The zero-order valence-corrected chi connectivity index (χ0v) is 11.0. The Labute approximate surface area is 109 Å². The topological polar surface area (TPSA) is 0 Å². The van der Waals surface area contributed by atoms with E-state index in [0.29, 0.717) is 0 Å². The predicted octanol–water partition coefficient (Wildman–Crippen LogP) is 1.07. The van der Waals surface area contributed by atoms with Crippen LogP contribution in [0.3, 0.4) is 0 Å². The molecule has 0 bridgehead atoms. The van der Waals surface area contributed by atoms with Gasteiger partial charge in [-0.15, -0.1) is 0 Å². The molecule has 0 unspecified atom stereocenters. The minimum Gasteiger partial charge on any atom is -0.344 e. The minimum absolute atomic E-state index is 0. The maximum Gasteiger partial charge on any atom is 1.00 e. The molecule has 0 saturated heterocycles. The molecule has 0 N–H and O–H groups in total. The zero-order chi connectivity index (χ0) is 9.52. The second kappa shape index (κ2) is 8.05. The predicted molar refractivity (Wildman–Crippen MR) is 59.6 cm³/mol. The van der Waals surface area contributed by atoms with Crippen LogP contribution in [0.2, 0.25) is 0 Å². The second-order valence-corrected chi connectivity index (χ2v) is 2.85. The molecule has 0 aromatic heterocycles. The SMILES string of the molecule is [CH2-]CC.[Na+].c1ccc2ccccc2c1. The summed E-state index contributed by atoms with van der Waals surface area (Å²) in [5.74, 6) is 0.